The van der Waals surface area contributed by atoms with Gasteiger partial charge < -0.3 is 19.2 Å². The minimum absolute atomic E-state index is 0.237. The highest BCUT2D eigenvalue weighted by atomic mass is 16.5. The van der Waals surface area contributed by atoms with Gasteiger partial charge in [-0.25, -0.2) is 4.98 Å². The predicted molar refractivity (Wildman–Crippen MR) is 115 cm³/mol. The van der Waals surface area contributed by atoms with E-state index >= 15 is 0 Å². The molecular formula is C24H20N2O4. The molecule has 0 spiro atoms. The van der Waals surface area contributed by atoms with Crippen molar-refractivity contribution >= 4 is 11.6 Å². The Morgan fingerprint density at radius 2 is 1.67 bits per heavy atom. The fraction of sp³-hybridized carbons (Fsp3) is 0.0833. The number of carbonyl (C=O) groups excluding carboxylic acids is 1. The Bertz CT molecular complexity index is 1170. The second-order valence-corrected chi connectivity index (χ2v) is 6.46. The minimum atomic E-state index is -0.237. The summed E-state index contributed by atoms with van der Waals surface area (Å²) < 4.78 is 16.7. The summed E-state index contributed by atoms with van der Waals surface area (Å²) in [5.41, 5.74) is 2.53. The average molecular weight is 400 g/mol. The third-order valence-electron chi connectivity index (χ3n) is 4.61. The number of methoxy groups -OCH3 is 2. The number of ether oxygens (including phenoxy) is 2. The standard InChI is InChI=1S/C24H20N2O4/c1-28-17-12-13-20(21(14-17)29-2)22-15-25-24(30-22)19-11-7-6-10-18(19)23(27)26-16-8-4-3-5-9-16/h3-15H,1-2H3,(H,26,27). The molecule has 4 rings (SSSR count). The molecule has 0 bridgehead atoms. The number of oxazole rings is 1. The van der Waals surface area contributed by atoms with E-state index in [1.165, 1.54) is 0 Å². The number of anilines is 1. The number of hydrogen-bond acceptors (Lipinski definition) is 5. The SMILES string of the molecule is COc1ccc(-c2cnc(-c3ccccc3C(=O)Nc3ccccc3)o2)c(OC)c1. The monoisotopic (exact) mass is 400 g/mol. The van der Waals surface area contributed by atoms with E-state index in [0.29, 0.717) is 40.0 Å². The molecule has 4 aromatic rings. The van der Waals surface area contributed by atoms with Gasteiger partial charge in [-0.2, -0.15) is 0 Å². The van der Waals surface area contributed by atoms with E-state index < -0.39 is 0 Å². The van der Waals surface area contributed by atoms with Gasteiger partial charge in [-0.1, -0.05) is 30.3 Å². The zero-order valence-electron chi connectivity index (χ0n) is 16.6. The first-order valence-electron chi connectivity index (χ1n) is 9.33. The van der Waals surface area contributed by atoms with E-state index in [-0.39, 0.29) is 5.91 Å². The number of nitrogens with zero attached hydrogens (tertiary/aromatic N) is 1. The molecule has 30 heavy (non-hydrogen) atoms. The van der Waals surface area contributed by atoms with Crippen LogP contribution in [-0.4, -0.2) is 25.1 Å². The molecule has 150 valence electrons. The van der Waals surface area contributed by atoms with Crippen LogP contribution in [0.1, 0.15) is 10.4 Å². The summed E-state index contributed by atoms with van der Waals surface area (Å²) in [4.78, 5) is 17.2. The van der Waals surface area contributed by atoms with Crippen LogP contribution < -0.4 is 14.8 Å². The molecule has 1 N–H and O–H groups in total. The molecule has 1 amide bonds. The lowest BCUT2D eigenvalue weighted by Crippen LogP contribution is -2.13. The number of benzene rings is 3. The number of carbonyl (C=O) groups is 1. The van der Waals surface area contributed by atoms with Crippen molar-refractivity contribution in [3.8, 4) is 34.3 Å². The zero-order valence-corrected chi connectivity index (χ0v) is 16.6. The molecule has 0 fully saturated rings. The maximum atomic E-state index is 12.8. The summed E-state index contributed by atoms with van der Waals surface area (Å²) in [6.45, 7) is 0. The fourth-order valence-electron chi connectivity index (χ4n) is 3.11. The Kier molecular flexibility index (Phi) is 5.48. The topological polar surface area (TPSA) is 73.6 Å². The van der Waals surface area contributed by atoms with Crippen LogP contribution in [-0.2, 0) is 0 Å². The molecule has 1 aromatic heterocycles. The summed E-state index contributed by atoms with van der Waals surface area (Å²) in [5.74, 6) is 1.92. The lowest BCUT2D eigenvalue weighted by atomic mass is 10.1. The molecule has 1 heterocycles. The van der Waals surface area contributed by atoms with E-state index in [9.17, 15) is 4.79 Å². The van der Waals surface area contributed by atoms with Crippen LogP contribution in [0.3, 0.4) is 0 Å². The third-order valence-corrected chi connectivity index (χ3v) is 4.61. The molecule has 0 atom stereocenters. The van der Waals surface area contributed by atoms with Crippen LogP contribution in [0.25, 0.3) is 22.8 Å². The number of nitrogens with one attached hydrogen (secondary N) is 1. The van der Waals surface area contributed by atoms with Crippen molar-refractivity contribution in [3.05, 3.63) is 84.6 Å². The normalized spacial score (nSPS) is 10.5. The van der Waals surface area contributed by atoms with Crippen LogP contribution in [0.2, 0.25) is 0 Å². The van der Waals surface area contributed by atoms with Gasteiger partial charge in [0.25, 0.3) is 5.91 Å². The zero-order chi connectivity index (χ0) is 20.9. The van der Waals surface area contributed by atoms with E-state index in [1.807, 2.05) is 48.5 Å². The van der Waals surface area contributed by atoms with Gasteiger partial charge in [-0.3, -0.25) is 4.79 Å². The quantitative estimate of drug-likeness (QED) is 0.477. The highest BCUT2D eigenvalue weighted by Gasteiger charge is 2.18. The number of amides is 1. The molecule has 0 aliphatic heterocycles. The highest BCUT2D eigenvalue weighted by Crippen LogP contribution is 2.35. The molecule has 0 unspecified atom stereocenters. The van der Waals surface area contributed by atoms with Gasteiger partial charge in [0.05, 0.1) is 31.5 Å². The molecule has 0 saturated heterocycles. The second-order valence-electron chi connectivity index (χ2n) is 6.46. The first kappa shape index (κ1) is 19.3. The van der Waals surface area contributed by atoms with Crippen LogP contribution in [0.15, 0.2) is 83.4 Å². The molecule has 0 radical (unpaired) electrons. The van der Waals surface area contributed by atoms with Crippen molar-refractivity contribution in [1.29, 1.82) is 0 Å². The Balaban J connectivity index is 1.67. The summed E-state index contributed by atoms with van der Waals surface area (Å²) in [6.07, 6.45) is 1.62. The van der Waals surface area contributed by atoms with Gasteiger partial charge in [0.2, 0.25) is 5.89 Å². The lowest BCUT2D eigenvalue weighted by Gasteiger charge is -2.09. The van der Waals surface area contributed by atoms with Crippen molar-refractivity contribution in [2.24, 2.45) is 0 Å². The Morgan fingerprint density at radius 3 is 2.43 bits per heavy atom. The van der Waals surface area contributed by atoms with E-state index in [4.69, 9.17) is 13.9 Å². The maximum absolute atomic E-state index is 12.8. The van der Waals surface area contributed by atoms with Gasteiger partial charge in [-0.05, 0) is 36.4 Å². The largest absolute Gasteiger partial charge is 0.497 e. The molecule has 0 aliphatic carbocycles. The number of para-hydroxylation sites is 1. The van der Waals surface area contributed by atoms with Gasteiger partial charge in [-0.15, -0.1) is 0 Å². The van der Waals surface area contributed by atoms with Gasteiger partial charge >= 0.3 is 0 Å². The van der Waals surface area contributed by atoms with Crippen LogP contribution in [0, 0.1) is 0 Å². The second kappa shape index (κ2) is 8.53. The minimum Gasteiger partial charge on any atom is -0.497 e. The third kappa shape index (κ3) is 3.89. The average Bonchev–Trinajstić information content (AvgIpc) is 3.29. The number of aromatic nitrogens is 1. The summed E-state index contributed by atoms with van der Waals surface area (Å²) in [7, 11) is 3.18. The van der Waals surface area contributed by atoms with Crippen LogP contribution >= 0.6 is 0 Å². The van der Waals surface area contributed by atoms with E-state index in [1.54, 1.807) is 44.7 Å². The van der Waals surface area contributed by atoms with Crippen LogP contribution in [0.4, 0.5) is 5.69 Å². The van der Waals surface area contributed by atoms with Crippen LogP contribution in [0.5, 0.6) is 11.5 Å². The molecule has 3 aromatic carbocycles. The Morgan fingerprint density at radius 1 is 0.900 bits per heavy atom. The van der Waals surface area contributed by atoms with Gasteiger partial charge in [0.1, 0.15) is 11.5 Å². The Hall–Kier alpha value is -4.06. The van der Waals surface area contributed by atoms with Crippen molar-refractivity contribution in [3.63, 3.8) is 0 Å². The van der Waals surface area contributed by atoms with E-state index in [2.05, 4.69) is 10.3 Å². The molecule has 6 heteroatoms. The van der Waals surface area contributed by atoms with E-state index in [0.717, 1.165) is 5.56 Å². The predicted octanol–water partition coefficient (Wildman–Crippen LogP) is 5.28. The van der Waals surface area contributed by atoms with Crippen molar-refractivity contribution in [2.45, 2.75) is 0 Å². The first-order valence-corrected chi connectivity index (χ1v) is 9.33. The molecule has 6 nitrogen and oxygen atoms in total. The van der Waals surface area contributed by atoms with Gasteiger partial charge in [0, 0.05) is 17.3 Å². The maximum Gasteiger partial charge on any atom is 0.256 e. The Labute approximate surface area is 174 Å². The molecule has 0 aliphatic rings. The fourth-order valence-corrected chi connectivity index (χ4v) is 3.11. The first-order chi connectivity index (χ1) is 14.7. The number of rotatable bonds is 6. The summed E-state index contributed by atoms with van der Waals surface area (Å²) in [5, 5.41) is 2.90. The van der Waals surface area contributed by atoms with Crippen molar-refractivity contribution in [2.75, 3.05) is 19.5 Å². The molecule has 0 saturated carbocycles. The van der Waals surface area contributed by atoms with Crippen molar-refractivity contribution in [1.82, 2.24) is 4.98 Å². The lowest BCUT2D eigenvalue weighted by molar-refractivity contribution is 0.102. The van der Waals surface area contributed by atoms with Crippen molar-refractivity contribution < 1.29 is 18.7 Å². The molecular weight excluding hydrogens is 380 g/mol. The summed E-state index contributed by atoms with van der Waals surface area (Å²) in [6, 6.07) is 21.9. The number of hydrogen-bond donors (Lipinski definition) is 1. The van der Waals surface area contributed by atoms with Gasteiger partial charge in [0.15, 0.2) is 5.76 Å². The highest BCUT2D eigenvalue weighted by molar-refractivity contribution is 6.08. The smallest absolute Gasteiger partial charge is 0.256 e. The summed E-state index contributed by atoms with van der Waals surface area (Å²) >= 11 is 0.